The van der Waals surface area contributed by atoms with Gasteiger partial charge in [0.25, 0.3) is 0 Å². The first kappa shape index (κ1) is 73.6. The van der Waals surface area contributed by atoms with Crippen molar-refractivity contribution in [3.63, 3.8) is 0 Å². The van der Waals surface area contributed by atoms with E-state index in [9.17, 15) is 14.4 Å². The molecule has 444 valence electrons. The maximum absolute atomic E-state index is 12.9. The first-order valence-electron chi connectivity index (χ1n) is 33.1. The minimum absolute atomic E-state index is 0.0988. The van der Waals surface area contributed by atoms with Crippen molar-refractivity contribution in [1.29, 1.82) is 0 Å². The highest BCUT2D eigenvalue weighted by Crippen LogP contribution is 2.17. The number of hydrogen-bond acceptors (Lipinski definition) is 6. The Kier molecular flexibility index (Phi) is 62.2. The van der Waals surface area contributed by atoms with Gasteiger partial charge in [0.05, 0.1) is 0 Å². The minimum atomic E-state index is -0.809. The molecule has 0 N–H and O–H groups in total. The predicted octanol–water partition coefficient (Wildman–Crippen LogP) is 22.7. The second kappa shape index (κ2) is 65.1. The zero-order valence-electron chi connectivity index (χ0n) is 51.0. The van der Waals surface area contributed by atoms with Crippen molar-refractivity contribution in [2.75, 3.05) is 13.2 Å². The zero-order chi connectivity index (χ0) is 55.7. The van der Waals surface area contributed by atoms with Crippen molar-refractivity contribution in [1.82, 2.24) is 0 Å². The fraction of sp³-hybridized carbons (Fsp3) is 0.761. The number of allylic oxidation sites excluding steroid dienone is 14. The molecule has 0 aromatic heterocycles. The molecule has 0 aliphatic rings. The van der Waals surface area contributed by atoms with E-state index in [0.29, 0.717) is 19.3 Å². The third-order valence-corrected chi connectivity index (χ3v) is 14.4. The summed E-state index contributed by atoms with van der Waals surface area (Å²) in [6.45, 7) is 6.48. The first-order valence-corrected chi connectivity index (χ1v) is 33.1. The Morgan fingerprint density at radius 3 is 0.883 bits per heavy atom. The smallest absolute Gasteiger partial charge is 0.306 e. The normalized spacial score (nSPS) is 12.6. The Bertz CT molecular complexity index is 1470. The molecule has 0 amide bonds. The van der Waals surface area contributed by atoms with E-state index in [0.717, 1.165) is 70.6 Å². The Hall–Kier alpha value is -3.41. The fourth-order valence-electron chi connectivity index (χ4n) is 9.43. The standard InChI is InChI=1S/C71H124O6/c1-4-7-10-13-16-19-22-25-27-29-31-33-34-35-36-38-39-41-43-46-49-52-55-58-61-64-70(73)76-67-68(66-75-69(72)63-60-57-54-51-48-45-24-21-18-15-12-9-6-3)77-71(74)65-62-59-56-53-50-47-44-42-40-37-32-30-28-26-23-20-17-14-11-8-5-2/h9,12,18,21,23,26,29-32,45,48,54,57,68H,4-8,10-11,13-17,19-20,22,24-25,27-28,33-44,46-47,49-53,55-56,58-67H2,1-3H3/b12-9-,21-18-,26-23-,31-29-,32-30-,48-45-,57-54-. The predicted molar refractivity (Wildman–Crippen MR) is 334 cm³/mol. The van der Waals surface area contributed by atoms with Crippen molar-refractivity contribution >= 4 is 17.9 Å². The Morgan fingerprint density at radius 2 is 0.532 bits per heavy atom. The summed E-state index contributed by atoms with van der Waals surface area (Å²) in [5.41, 5.74) is 0. The second-order valence-corrected chi connectivity index (χ2v) is 22.0. The van der Waals surface area contributed by atoms with Gasteiger partial charge < -0.3 is 14.2 Å². The molecule has 0 saturated carbocycles. The van der Waals surface area contributed by atoms with E-state index < -0.39 is 6.10 Å². The molecule has 0 aliphatic heterocycles. The molecule has 77 heavy (non-hydrogen) atoms. The summed E-state index contributed by atoms with van der Waals surface area (Å²) in [6.07, 6.45) is 86.2. The highest BCUT2D eigenvalue weighted by Gasteiger charge is 2.19. The first-order chi connectivity index (χ1) is 38.0. The van der Waals surface area contributed by atoms with Crippen molar-refractivity contribution < 1.29 is 28.6 Å². The lowest BCUT2D eigenvalue weighted by molar-refractivity contribution is -0.166. The molecule has 0 fully saturated rings. The van der Waals surface area contributed by atoms with Gasteiger partial charge in [-0.15, -0.1) is 0 Å². The molecule has 1 unspecified atom stereocenters. The van der Waals surface area contributed by atoms with Crippen molar-refractivity contribution in [2.24, 2.45) is 0 Å². The SMILES string of the molecule is CC/C=C\C/C=C\C/C=C\C/C=C\CCC(=O)OCC(COC(=O)CCCCCCCCCCCCCCC/C=C\CCCCCCCCCC)OC(=O)CCCCCCCCCCC/C=C\C/C=C\CCCCCCC. The van der Waals surface area contributed by atoms with Gasteiger partial charge in [-0.3, -0.25) is 14.4 Å². The average Bonchev–Trinajstić information content (AvgIpc) is 3.43. The maximum Gasteiger partial charge on any atom is 0.306 e. The summed E-state index contributed by atoms with van der Waals surface area (Å²) in [6, 6.07) is 0. The van der Waals surface area contributed by atoms with Crippen LogP contribution < -0.4 is 0 Å². The molecule has 6 nitrogen and oxygen atoms in total. The van der Waals surface area contributed by atoms with E-state index in [2.05, 4.69) is 99.8 Å². The number of carbonyl (C=O) groups excluding carboxylic acids is 3. The Labute approximate surface area is 477 Å². The van der Waals surface area contributed by atoms with Crippen LogP contribution in [0.5, 0.6) is 0 Å². The molecule has 6 heteroatoms. The van der Waals surface area contributed by atoms with E-state index >= 15 is 0 Å². The average molecular weight is 1070 g/mol. The van der Waals surface area contributed by atoms with Crippen molar-refractivity contribution in [3.8, 4) is 0 Å². The Balaban J connectivity index is 4.32. The van der Waals surface area contributed by atoms with Crippen LogP contribution in [0.2, 0.25) is 0 Å². The molecule has 0 heterocycles. The van der Waals surface area contributed by atoms with Crippen LogP contribution in [0.3, 0.4) is 0 Å². The van der Waals surface area contributed by atoms with Gasteiger partial charge in [0.15, 0.2) is 6.10 Å². The Morgan fingerprint density at radius 1 is 0.273 bits per heavy atom. The van der Waals surface area contributed by atoms with Gasteiger partial charge in [-0.25, -0.2) is 0 Å². The number of rotatable bonds is 60. The van der Waals surface area contributed by atoms with E-state index in [4.69, 9.17) is 14.2 Å². The number of carbonyl (C=O) groups is 3. The molecule has 0 aromatic carbocycles. The topological polar surface area (TPSA) is 78.9 Å². The van der Waals surface area contributed by atoms with E-state index in [1.165, 1.54) is 212 Å². The van der Waals surface area contributed by atoms with Crippen molar-refractivity contribution in [3.05, 3.63) is 85.1 Å². The largest absolute Gasteiger partial charge is 0.462 e. The van der Waals surface area contributed by atoms with Crippen LogP contribution in [-0.4, -0.2) is 37.2 Å². The number of unbranched alkanes of at least 4 members (excludes halogenated alkanes) is 35. The number of hydrogen-bond donors (Lipinski definition) is 0. The minimum Gasteiger partial charge on any atom is -0.462 e. The number of esters is 3. The quantitative estimate of drug-likeness (QED) is 0.0261. The molecular weight excluding hydrogens is 949 g/mol. The second-order valence-electron chi connectivity index (χ2n) is 22.0. The molecule has 0 rings (SSSR count). The molecule has 1 atom stereocenters. The fourth-order valence-corrected chi connectivity index (χ4v) is 9.43. The summed E-state index contributed by atoms with van der Waals surface area (Å²) < 4.78 is 16.9. The lowest BCUT2D eigenvalue weighted by Crippen LogP contribution is -2.30. The molecule has 0 radical (unpaired) electrons. The maximum atomic E-state index is 12.9. The summed E-state index contributed by atoms with van der Waals surface area (Å²) in [7, 11) is 0. The van der Waals surface area contributed by atoms with Gasteiger partial charge in [-0.2, -0.15) is 0 Å². The summed E-state index contributed by atoms with van der Waals surface area (Å²) in [4.78, 5) is 38.3. The van der Waals surface area contributed by atoms with Crippen LogP contribution in [-0.2, 0) is 28.6 Å². The van der Waals surface area contributed by atoms with E-state index in [1.807, 2.05) is 6.08 Å². The van der Waals surface area contributed by atoms with E-state index in [1.54, 1.807) is 0 Å². The molecule has 0 spiro atoms. The van der Waals surface area contributed by atoms with Crippen LogP contribution in [0.25, 0.3) is 0 Å². The summed E-state index contributed by atoms with van der Waals surface area (Å²) >= 11 is 0. The monoisotopic (exact) mass is 1070 g/mol. The van der Waals surface area contributed by atoms with Gasteiger partial charge in [0.2, 0.25) is 0 Å². The van der Waals surface area contributed by atoms with Crippen LogP contribution >= 0.6 is 0 Å². The molecule has 0 saturated heterocycles. The van der Waals surface area contributed by atoms with Crippen LogP contribution in [0.1, 0.15) is 329 Å². The van der Waals surface area contributed by atoms with Gasteiger partial charge >= 0.3 is 17.9 Å². The molecular formula is C71H124O6. The summed E-state index contributed by atoms with van der Waals surface area (Å²) in [5, 5.41) is 0. The van der Waals surface area contributed by atoms with Gasteiger partial charge in [-0.1, -0.05) is 292 Å². The lowest BCUT2D eigenvalue weighted by atomic mass is 10.0. The van der Waals surface area contributed by atoms with Crippen LogP contribution in [0.4, 0.5) is 0 Å². The van der Waals surface area contributed by atoms with Gasteiger partial charge in [0.1, 0.15) is 13.2 Å². The highest BCUT2D eigenvalue weighted by molar-refractivity contribution is 5.71. The van der Waals surface area contributed by atoms with Crippen LogP contribution in [0.15, 0.2) is 85.1 Å². The van der Waals surface area contributed by atoms with Gasteiger partial charge in [0, 0.05) is 19.3 Å². The molecule has 0 aromatic rings. The third kappa shape index (κ3) is 63.3. The van der Waals surface area contributed by atoms with Crippen molar-refractivity contribution in [2.45, 2.75) is 335 Å². The molecule has 0 bridgehead atoms. The summed E-state index contributed by atoms with van der Waals surface area (Å²) in [5.74, 6) is -0.976. The number of ether oxygens (including phenoxy) is 3. The highest BCUT2D eigenvalue weighted by atomic mass is 16.6. The van der Waals surface area contributed by atoms with Crippen LogP contribution in [0, 0.1) is 0 Å². The zero-order valence-corrected chi connectivity index (χ0v) is 51.0. The van der Waals surface area contributed by atoms with Gasteiger partial charge in [-0.05, 0) is 103 Å². The molecule has 0 aliphatic carbocycles. The van der Waals surface area contributed by atoms with E-state index in [-0.39, 0.29) is 37.5 Å². The lowest BCUT2D eigenvalue weighted by Gasteiger charge is -2.18. The third-order valence-electron chi connectivity index (χ3n) is 14.4.